The number of aryl methyl sites for hydroxylation is 2. The van der Waals surface area contributed by atoms with Gasteiger partial charge in [-0.05, 0) is 61.2 Å². The van der Waals surface area contributed by atoms with Crippen molar-refractivity contribution < 1.29 is 9.15 Å². The Hall–Kier alpha value is -2.59. The van der Waals surface area contributed by atoms with Crippen molar-refractivity contribution in [2.45, 2.75) is 40.3 Å². The van der Waals surface area contributed by atoms with E-state index in [1.807, 2.05) is 26.0 Å². The van der Waals surface area contributed by atoms with Crippen LogP contribution in [0.1, 0.15) is 35.6 Å². The second kappa shape index (κ2) is 8.40. The number of benzene rings is 2. The minimum Gasteiger partial charge on any atom is -0.497 e. The molecule has 1 aromatic heterocycles. The summed E-state index contributed by atoms with van der Waals surface area (Å²) in [6.45, 7) is 8.71. The van der Waals surface area contributed by atoms with Gasteiger partial charge in [0, 0.05) is 24.5 Å². The van der Waals surface area contributed by atoms with Gasteiger partial charge in [-0.25, -0.2) is 4.79 Å². The molecule has 0 fully saturated rings. The molecular weight excluding hydrogens is 338 g/mol. The van der Waals surface area contributed by atoms with Gasteiger partial charge in [-0.15, -0.1) is 0 Å². The molecule has 0 aliphatic carbocycles. The van der Waals surface area contributed by atoms with E-state index < -0.39 is 0 Å². The Morgan fingerprint density at radius 2 is 1.78 bits per heavy atom. The Labute approximate surface area is 160 Å². The van der Waals surface area contributed by atoms with Crippen LogP contribution in [0.3, 0.4) is 0 Å². The zero-order valence-corrected chi connectivity index (χ0v) is 16.5. The number of fused-ring (bicyclic) bond motifs is 1. The summed E-state index contributed by atoms with van der Waals surface area (Å²) in [5, 5.41) is 1.02. The Morgan fingerprint density at radius 1 is 1.04 bits per heavy atom. The molecule has 142 valence electrons. The number of ether oxygens (including phenoxy) is 1. The van der Waals surface area contributed by atoms with Gasteiger partial charge in [0.2, 0.25) is 0 Å². The van der Waals surface area contributed by atoms with E-state index in [4.69, 9.17) is 9.15 Å². The van der Waals surface area contributed by atoms with Crippen molar-refractivity contribution in [3.63, 3.8) is 0 Å². The highest BCUT2D eigenvalue weighted by atomic mass is 16.5. The molecule has 4 nitrogen and oxygen atoms in total. The second-order valence-electron chi connectivity index (χ2n) is 7.03. The van der Waals surface area contributed by atoms with Gasteiger partial charge in [0.25, 0.3) is 0 Å². The van der Waals surface area contributed by atoms with Gasteiger partial charge in [0.05, 0.1) is 7.11 Å². The van der Waals surface area contributed by atoms with Crippen molar-refractivity contribution >= 4 is 11.0 Å². The molecule has 3 aromatic rings. The third-order valence-corrected chi connectivity index (χ3v) is 5.02. The first kappa shape index (κ1) is 19.2. The van der Waals surface area contributed by atoms with Crippen molar-refractivity contribution in [2.24, 2.45) is 0 Å². The van der Waals surface area contributed by atoms with E-state index >= 15 is 0 Å². The average molecular weight is 365 g/mol. The first-order valence-electron chi connectivity index (χ1n) is 9.40. The monoisotopic (exact) mass is 365 g/mol. The van der Waals surface area contributed by atoms with Gasteiger partial charge in [-0.3, -0.25) is 4.90 Å². The summed E-state index contributed by atoms with van der Waals surface area (Å²) in [6, 6.07) is 13.9. The quantitative estimate of drug-likeness (QED) is 0.563. The summed E-state index contributed by atoms with van der Waals surface area (Å²) < 4.78 is 10.8. The third kappa shape index (κ3) is 4.40. The number of methoxy groups -OCH3 is 1. The lowest BCUT2D eigenvalue weighted by Gasteiger charge is -2.23. The molecule has 0 aliphatic heterocycles. The smallest absolute Gasteiger partial charge is 0.336 e. The molecule has 3 rings (SSSR count). The van der Waals surface area contributed by atoms with E-state index in [-0.39, 0.29) is 5.63 Å². The Balaban J connectivity index is 1.92. The normalized spacial score (nSPS) is 11.3. The number of rotatable bonds is 7. The molecular formula is C23H27NO3. The zero-order valence-electron chi connectivity index (χ0n) is 16.5. The van der Waals surface area contributed by atoms with E-state index in [9.17, 15) is 4.79 Å². The van der Waals surface area contributed by atoms with Gasteiger partial charge in [0.1, 0.15) is 11.3 Å². The van der Waals surface area contributed by atoms with Crippen LogP contribution in [0.5, 0.6) is 5.75 Å². The lowest BCUT2D eigenvalue weighted by atomic mass is 10.0. The molecule has 0 saturated heterocycles. The van der Waals surface area contributed by atoms with Crippen LogP contribution in [0.25, 0.3) is 11.0 Å². The van der Waals surface area contributed by atoms with Crippen LogP contribution in [-0.4, -0.2) is 18.6 Å². The van der Waals surface area contributed by atoms with Gasteiger partial charge < -0.3 is 9.15 Å². The highest BCUT2D eigenvalue weighted by Gasteiger charge is 2.13. The Kier molecular flexibility index (Phi) is 5.97. The molecule has 27 heavy (non-hydrogen) atoms. The van der Waals surface area contributed by atoms with Gasteiger partial charge in [0.15, 0.2) is 0 Å². The fourth-order valence-electron chi connectivity index (χ4n) is 3.42. The van der Waals surface area contributed by atoms with E-state index in [2.05, 4.69) is 36.1 Å². The molecule has 0 saturated carbocycles. The standard InChI is InChI=1S/C23H27NO3/c1-5-12-24(14-18-7-9-20(26-4)10-8-18)15-19-13-22(25)27-23-17(3)16(2)6-11-21(19)23/h6-11,13H,5,12,14-15H2,1-4H3. The molecule has 4 heteroatoms. The summed E-state index contributed by atoms with van der Waals surface area (Å²) in [4.78, 5) is 14.5. The van der Waals surface area contributed by atoms with Crippen LogP contribution in [0.15, 0.2) is 51.7 Å². The lowest BCUT2D eigenvalue weighted by molar-refractivity contribution is 0.257. The largest absolute Gasteiger partial charge is 0.497 e. The summed E-state index contributed by atoms with van der Waals surface area (Å²) in [5.74, 6) is 0.860. The van der Waals surface area contributed by atoms with E-state index in [0.717, 1.165) is 47.3 Å². The molecule has 0 bridgehead atoms. The van der Waals surface area contributed by atoms with E-state index in [0.29, 0.717) is 12.1 Å². The summed E-state index contributed by atoms with van der Waals surface area (Å²) in [6.07, 6.45) is 1.05. The molecule has 0 N–H and O–H groups in total. The molecule has 0 amide bonds. The van der Waals surface area contributed by atoms with Crippen molar-refractivity contribution in [3.8, 4) is 5.75 Å². The summed E-state index contributed by atoms with van der Waals surface area (Å²) in [5.41, 5.74) is 4.83. The first-order chi connectivity index (χ1) is 13.0. The molecule has 2 aromatic carbocycles. The minimum absolute atomic E-state index is 0.285. The number of hydrogen-bond acceptors (Lipinski definition) is 4. The van der Waals surface area contributed by atoms with Crippen molar-refractivity contribution in [1.82, 2.24) is 4.90 Å². The van der Waals surface area contributed by atoms with Crippen LogP contribution in [0.4, 0.5) is 0 Å². The van der Waals surface area contributed by atoms with Crippen molar-refractivity contribution in [1.29, 1.82) is 0 Å². The molecule has 0 atom stereocenters. The lowest BCUT2D eigenvalue weighted by Crippen LogP contribution is -2.24. The highest BCUT2D eigenvalue weighted by Crippen LogP contribution is 2.25. The fourth-order valence-corrected chi connectivity index (χ4v) is 3.42. The van der Waals surface area contributed by atoms with Gasteiger partial charge in [-0.2, -0.15) is 0 Å². The molecule has 1 heterocycles. The maximum atomic E-state index is 12.1. The van der Waals surface area contributed by atoms with Crippen molar-refractivity contribution in [2.75, 3.05) is 13.7 Å². The SMILES string of the molecule is CCCN(Cc1ccc(OC)cc1)Cc1cc(=O)oc2c(C)c(C)ccc12. The Morgan fingerprint density at radius 3 is 2.44 bits per heavy atom. The highest BCUT2D eigenvalue weighted by molar-refractivity contribution is 5.83. The van der Waals surface area contributed by atoms with Crippen LogP contribution < -0.4 is 10.4 Å². The maximum absolute atomic E-state index is 12.1. The predicted molar refractivity (Wildman–Crippen MR) is 109 cm³/mol. The van der Waals surface area contributed by atoms with Crippen LogP contribution in [0.2, 0.25) is 0 Å². The van der Waals surface area contributed by atoms with E-state index in [1.54, 1.807) is 13.2 Å². The molecule has 0 unspecified atom stereocenters. The summed E-state index contributed by atoms with van der Waals surface area (Å²) in [7, 11) is 1.67. The second-order valence-corrected chi connectivity index (χ2v) is 7.03. The number of nitrogens with zero attached hydrogens (tertiary/aromatic N) is 1. The van der Waals surface area contributed by atoms with Gasteiger partial charge in [-0.1, -0.05) is 31.2 Å². The minimum atomic E-state index is -0.285. The van der Waals surface area contributed by atoms with Crippen LogP contribution >= 0.6 is 0 Å². The predicted octanol–water partition coefficient (Wildman–Crippen LogP) is 4.83. The average Bonchev–Trinajstić information content (AvgIpc) is 2.66. The fraction of sp³-hybridized carbons (Fsp3) is 0.348. The maximum Gasteiger partial charge on any atom is 0.336 e. The third-order valence-electron chi connectivity index (χ3n) is 5.02. The molecule has 0 radical (unpaired) electrons. The van der Waals surface area contributed by atoms with Crippen molar-refractivity contribution in [3.05, 3.63) is 75.1 Å². The number of hydrogen-bond donors (Lipinski definition) is 0. The zero-order chi connectivity index (χ0) is 19.4. The first-order valence-corrected chi connectivity index (χ1v) is 9.40. The topological polar surface area (TPSA) is 42.7 Å². The van der Waals surface area contributed by atoms with Crippen LogP contribution in [0, 0.1) is 13.8 Å². The van der Waals surface area contributed by atoms with Gasteiger partial charge >= 0.3 is 5.63 Å². The Bertz CT molecular complexity index is 973. The summed E-state index contributed by atoms with van der Waals surface area (Å²) >= 11 is 0. The van der Waals surface area contributed by atoms with Crippen LogP contribution in [-0.2, 0) is 13.1 Å². The molecule has 0 spiro atoms. The van der Waals surface area contributed by atoms with E-state index in [1.165, 1.54) is 5.56 Å². The molecule has 0 aliphatic rings.